The van der Waals surface area contributed by atoms with Crippen LogP contribution in [0, 0.1) is 0 Å². The Balaban J connectivity index is 1.82. The van der Waals surface area contributed by atoms with Crippen molar-refractivity contribution in [2.45, 2.75) is 11.3 Å². The third-order valence-corrected chi connectivity index (χ3v) is 5.50. The Labute approximate surface area is 126 Å². The fourth-order valence-electron chi connectivity index (χ4n) is 2.59. The van der Waals surface area contributed by atoms with Crippen molar-refractivity contribution in [2.24, 2.45) is 0 Å². The summed E-state index contributed by atoms with van der Waals surface area (Å²) in [4.78, 5) is 1.41. The first-order valence-electron chi connectivity index (χ1n) is 7.03. The van der Waals surface area contributed by atoms with Gasteiger partial charge in [-0.1, -0.05) is 36.4 Å². The van der Waals surface area contributed by atoms with Crippen LogP contribution in [0.15, 0.2) is 81.5 Å². The molecule has 0 saturated heterocycles. The molecule has 4 rings (SSSR count). The van der Waals surface area contributed by atoms with E-state index in [2.05, 4.69) is 59.3 Å². The monoisotopic (exact) mass is 291 g/mol. The lowest BCUT2D eigenvalue weighted by Crippen LogP contribution is -1.93. The molecule has 0 fully saturated rings. The molecule has 0 spiro atoms. The lowest BCUT2D eigenvalue weighted by atomic mass is 10.1. The normalized spacial score (nSPS) is 17.0. The lowest BCUT2D eigenvalue weighted by Gasteiger charge is -2.13. The Hall–Kier alpha value is -2.19. The van der Waals surface area contributed by atoms with Gasteiger partial charge in [-0.3, -0.25) is 0 Å². The van der Waals surface area contributed by atoms with Crippen molar-refractivity contribution in [1.82, 2.24) is 0 Å². The van der Waals surface area contributed by atoms with E-state index in [4.69, 9.17) is 4.42 Å². The maximum atomic E-state index is 6.00. The van der Waals surface area contributed by atoms with Crippen LogP contribution in [-0.4, -0.2) is 5.37 Å². The molecule has 2 heteroatoms. The maximum absolute atomic E-state index is 6.00. The fourth-order valence-corrected chi connectivity index (χ4v) is 4.31. The number of rotatable bonds is 1. The van der Waals surface area contributed by atoms with Crippen LogP contribution in [0.5, 0.6) is 0 Å². The van der Waals surface area contributed by atoms with E-state index >= 15 is 0 Å². The fraction of sp³-hybridized carbons (Fsp3) is 0.0526. The van der Waals surface area contributed by atoms with Gasteiger partial charge >= 0.3 is 11.3 Å². The van der Waals surface area contributed by atoms with Gasteiger partial charge in [0.1, 0.15) is 0 Å². The summed E-state index contributed by atoms with van der Waals surface area (Å²) in [6.45, 7) is 0. The summed E-state index contributed by atoms with van der Waals surface area (Å²) in [6.07, 6.45) is 3.28. The van der Waals surface area contributed by atoms with Crippen LogP contribution in [-0.2, 0) is 6.42 Å². The van der Waals surface area contributed by atoms with E-state index in [9.17, 15) is 0 Å². The lowest BCUT2D eigenvalue weighted by molar-refractivity contribution is 0.597. The van der Waals surface area contributed by atoms with E-state index in [-0.39, 0.29) is 10.5 Å². The minimum atomic E-state index is -0.0128. The maximum Gasteiger partial charge on any atom is 0.360 e. The minimum absolute atomic E-state index is 0.0128. The Morgan fingerprint density at radius 2 is 1.76 bits per heavy atom. The van der Waals surface area contributed by atoms with Crippen LogP contribution in [0.25, 0.3) is 11.0 Å². The minimum Gasteiger partial charge on any atom is -0.207 e. The third-order valence-electron chi connectivity index (χ3n) is 3.62. The summed E-state index contributed by atoms with van der Waals surface area (Å²) >= 11 is 0. The zero-order valence-corrected chi connectivity index (χ0v) is 12.3. The highest BCUT2D eigenvalue weighted by Gasteiger charge is 2.13. The van der Waals surface area contributed by atoms with Gasteiger partial charge in [-0.05, 0) is 35.6 Å². The standard InChI is InChI=1S/C19H15OS/c1-3-9-18-15(6-1)11-12-17(20-18)14-21-13-5-8-16-7-2-4-10-19(16)21/h1-7,9-14H,8H2/q+1. The van der Waals surface area contributed by atoms with Gasteiger partial charge in [0.25, 0.3) is 0 Å². The quantitative estimate of drug-likeness (QED) is 0.439. The average molecular weight is 291 g/mol. The highest BCUT2D eigenvalue weighted by Crippen LogP contribution is 2.35. The van der Waals surface area contributed by atoms with E-state index in [1.165, 1.54) is 10.5 Å². The molecule has 1 nitrogen and oxygen atoms in total. The molecule has 102 valence electrons. The van der Waals surface area contributed by atoms with Crippen LogP contribution < -0.4 is 0 Å². The van der Waals surface area contributed by atoms with E-state index < -0.39 is 0 Å². The molecule has 0 bridgehead atoms. The average Bonchev–Trinajstić information content (AvgIpc) is 2.55. The third kappa shape index (κ3) is 2.43. The van der Waals surface area contributed by atoms with Crippen molar-refractivity contribution in [2.75, 3.05) is 0 Å². The molecule has 1 aliphatic rings. The Bertz CT molecular complexity index is 877. The molecule has 3 aromatic rings. The molecule has 2 heterocycles. The van der Waals surface area contributed by atoms with Crippen LogP contribution in [0.2, 0.25) is 0 Å². The van der Waals surface area contributed by atoms with Crippen molar-refractivity contribution < 1.29 is 4.42 Å². The zero-order chi connectivity index (χ0) is 14.1. The first kappa shape index (κ1) is 12.5. The van der Waals surface area contributed by atoms with Gasteiger partial charge in [-0.2, -0.15) is 0 Å². The molecule has 1 unspecified atom stereocenters. The zero-order valence-electron chi connectivity index (χ0n) is 11.5. The van der Waals surface area contributed by atoms with Crippen molar-refractivity contribution >= 4 is 26.8 Å². The highest BCUT2D eigenvalue weighted by atomic mass is 32.2. The van der Waals surface area contributed by atoms with Gasteiger partial charge < -0.3 is 0 Å². The highest BCUT2D eigenvalue weighted by molar-refractivity contribution is 8.17. The number of hydrogen-bond donors (Lipinski definition) is 0. The molecular formula is C19H15OS+. The number of para-hydroxylation sites is 1. The van der Waals surface area contributed by atoms with E-state index in [0.717, 1.165) is 23.2 Å². The number of fused-ring (bicyclic) bond motifs is 2. The van der Waals surface area contributed by atoms with Crippen LogP contribution >= 0.6 is 10.5 Å². The number of benzene rings is 2. The van der Waals surface area contributed by atoms with Gasteiger partial charge in [0.2, 0.25) is 0 Å². The molecule has 1 aliphatic heterocycles. The van der Waals surface area contributed by atoms with Gasteiger partial charge in [-0.15, -0.1) is 10.5 Å². The first-order chi connectivity index (χ1) is 10.4. The largest absolute Gasteiger partial charge is 0.360 e. The van der Waals surface area contributed by atoms with Crippen molar-refractivity contribution in [3.05, 3.63) is 83.5 Å². The predicted octanol–water partition coefficient (Wildman–Crippen LogP) is 5.26. The molecule has 0 radical (unpaired) electrons. The van der Waals surface area contributed by atoms with Crippen molar-refractivity contribution in [3.8, 4) is 0 Å². The summed E-state index contributed by atoms with van der Waals surface area (Å²) in [5, 5.41) is 5.64. The van der Waals surface area contributed by atoms with Crippen LogP contribution in [0.3, 0.4) is 0 Å². The van der Waals surface area contributed by atoms with E-state index in [1.54, 1.807) is 0 Å². The topological polar surface area (TPSA) is 11.3 Å². The molecule has 0 N–H and O–H groups in total. The summed E-state index contributed by atoms with van der Waals surface area (Å²) in [5.41, 5.74) is 2.35. The summed E-state index contributed by atoms with van der Waals surface area (Å²) < 4.78 is 6.00. The number of allylic oxidation sites excluding steroid dienone is 1. The Morgan fingerprint density at radius 3 is 2.76 bits per heavy atom. The number of hydrogen-bond acceptors (Lipinski definition) is 0. The SMILES string of the molecule is C1=CS(=Cc2ccc3ccccc3[o+]2)c2ccccc2C1. The van der Waals surface area contributed by atoms with Crippen LogP contribution in [0.4, 0.5) is 0 Å². The van der Waals surface area contributed by atoms with E-state index in [0.29, 0.717) is 0 Å². The molecule has 0 aliphatic carbocycles. The van der Waals surface area contributed by atoms with Crippen LogP contribution in [0.1, 0.15) is 11.3 Å². The van der Waals surface area contributed by atoms with Gasteiger partial charge in [0.05, 0.1) is 10.8 Å². The Morgan fingerprint density at radius 1 is 0.905 bits per heavy atom. The van der Waals surface area contributed by atoms with Crippen molar-refractivity contribution in [1.29, 1.82) is 0 Å². The Kier molecular flexibility index (Phi) is 3.17. The smallest absolute Gasteiger partial charge is 0.207 e. The molecule has 0 saturated carbocycles. The van der Waals surface area contributed by atoms with Gasteiger partial charge in [-0.25, -0.2) is 4.42 Å². The molecular weight excluding hydrogens is 276 g/mol. The molecule has 1 atom stereocenters. The second kappa shape index (κ2) is 5.30. The van der Waals surface area contributed by atoms with Crippen molar-refractivity contribution in [3.63, 3.8) is 0 Å². The van der Waals surface area contributed by atoms with E-state index in [1.807, 2.05) is 18.2 Å². The molecule has 21 heavy (non-hydrogen) atoms. The first-order valence-corrected chi connectivity index (χ1v) is 8.38. The summed E-state index contributed by atoms with van der Waals surface area (Å²) in [5.74, 6) is 0.929. The summed E-state index contributed by atoms with van der Waals surface area (Å²) in [7, 11) is -0.0128. The molecule has 1 aromatic heterocycles. The van der Waals surface area contributed by atoms with Gasteiger partial charge in [0, 0.05) is 17.0 Å². The second-order valence-corrected chi connectivity index (χ2v) is 6.74. The van der Waals surface area contributed by atoms with Gasteiger partial charge in [0.15, 0.2) is 0 Å². The molecule has 0 amide bonds. The second-order valence-electron chi connectivity index (χ2n) is 5.05. The molecule has 2 aromatic carbocycles. The summed E-state index contributed by atoms with van der Waals surface area (Å²) in [6, 6.07) is 21.0. The predicted molar refractivity (Wildman–Crippen MR) is 90.9 cm³/mol.